The summed E-state index contributed by atoms with van der Waals surface area (Å²) < 4.78 is 0. The predicted molar refractivity (Wildman–Crippen MR) is 96.0 cm³/mol. The summed E-state index contributed by atoms with van der Waals surface area (Å²) in [5, 5.41) is 3.14. The average molecular weight is 325 g/mol. The SMILES string of the molecule is Cc1cc(C)c(NC(=O)C(C)N2CCCCCC2)c(C)c1.Cl. The highest BCUT2D eigenvalue weighted by molar-refractivity contribution is 5.96. The molecule has 1 aromatic carbocycles. The number of benzene rings is 1. The Kier molecular flexibility index (Phi) is 7.37. The Labute approximate surface area is 140 Å². The molecule has 124 valence electrons. The van der Waals surface area contributed by atoms with Gasteiger partial charge in [0.15, 0.2) is 0 Å². The largest absolute Gasteiger partial charge is 0.324 e. The maximum Gasteiger partial charge on any atom is 0.241 e. The fraction of sp³-hybridized carbons (Fsp3) is 0.611. The number of amides is 1. The molecule has 0 saturated carbocycles. The second kappa shape index (κ2) is 8.54. The minimum atomic E-state index is -0.0526. The van der Waals surface area contributed by atoms with Gasteiger partial charge < -0.3 is 5.32 Å². The molecule has 0 aliphatic carbocycles. The van der Waals surface area contributed by atoms with Crippen LogP contribution in [0.3, 0.4) is 0 Å². The molecule has 1 unspecified atom stereocenters. The van der Waals surface area contributed by atoms with Gasteiger partial charge in [-0.1, -0.05) is 30.5 Å². The van der Waals surface area contributed by atoms with E-state index in [9.17, 15) is 4.79 Å². The first-order valence-corrected chi connectivity index (χ1v) is 8.12. The lowest BCUT2D eigenvalue weighted by molar-refractivity contribution is -0.120. The van der Waals surface area contributed by atoms with Crippen molar-refractivity contribution in [1.82, 2.24) is 4.90 Å². The summed E-state index contributed by atoms with van der Waals surface area (Å²) in [7, 11) is 0. The summed E-state index contributed by atoms with van der Waals surface area (Å²) in [6, 6.07) is 4.20. The van der Waals surface area contributed by atoms with Crippen molar-refractivity contribution in [2.75, 3.05) is 18.4 Å². The molecule has 0 spiro atoms. The van der Waals surface area contributed by atoms with Crippen molar-refractivity contribution in [3.05, 3.63) is 28.8 Å². The molecule has 1 amide bonds. The van der Waals surface area contributed by atoms with Gasteiger partial charge in [-0.05, 0) is 64.8 Å². The highest BCUT2D eigenvalue weighted by atomic mass is 35.5. The van der Waals surface area contributed by atoms with Crippen LogP contribution in [-0.2, 0) is 4.79 Å². The van der Waals surface area contributed by atoms with Gasteiger partial charge in [-0.3, -0.25) is 9.69 Å². The Morgan fingerprint density at radius 1 is 1.05 bits per heavy atom. The van der Waals surface area contributed by atoms with E-state index in [-0.39, 0.29) is 24.4 Å². The van der Waals surface area contributed by atoms with E-state index in [4.69, 9.17) is 0 Å². The number of halogens is 1. The Bertz CT molecular complexity index is 485. The average Bonchev–Trinajstić information content (AvgIpc) is 2.70. The molecule has 1 aliphatic heterocycles. The molecule has 2 rings (SSSR count). The van der Waals surface area contributed by atoms with Crippen molar-refractivity contribution in [3.63, 3.8) is 0 Å². The van der Waals surface area contributed by atoms with Crippen molar-refractivity contribution in [2.24, 2.45) is 0 Å². The summed E-state index contributed by atoms with van der Waals surface area (Å²) in [6.45, 7) is 10.3. The number of rotatable bonds is 3. The van der Waals surface area contributed by atoms with Crippen molar-refractivity contribution in [1.29, 1.82) is 0 Å². The highest BCUT2D eigenvalue weighted by Gasteiger charge is 2.22. The van der Waals surface area contributed by atoms with Crippen LogP contribution in [-0.4, -0.2) is 29.9 Å². The van der Waals surface area contributed by atoms with Crippen LogP contribution >= 0.6 is 12.4 Å². The molecule has 1 atom stereocenters. The summed E-state index contributed by atoms with van der Waals surface area (Å²) in [5.74, 6) is 0.118. The zero-order valence-electron chi connectivity index (χ0n) is 14.2. The minimum absolute atomic E-state index is 0. The van der Waals surface area contributed by atoms with Gasteiger partial charge >= 0.3 is 0 Å². The molecule has 1 fully saturated rings. The van der Waals surface area contributed by atoms with Crippen LogP contribution in [0.25, 0.3) is 0 Å². The smallest absolute Gasteiger partial charge is 0.241 e. The third-order valence-corrected chi connectivity index (χ3v) is 4.49. The molecule has 1 aromatic rings. The molecular weight excluding hydrogens is 296 g/mol. The van der Waals surface area contributed by atoms with Gasteiger partial charge in [-0.25, -0.2) is 0 Å². The fourth-order valence-electron chi connectivity index (χ4n) is 3.25. The van der Waals surface area contributed by atoms with Crippen LogP contribution in [0.4, 0.5) is 5.69 Å². The van der Waals surface area contributed by atoms with E-state index >= 15 is 0 Å². The van der Waals surface area contributed by atoms with E-state index < -0.39 is 0 Å². The second-order valence-electron chi connectivity index (χ2n) is 6.39. The lowest BCUT2D eigenvalue weighted by Crippen LogP contribution is -2.42. The summed E-state index contributed by atoms with van der Waals surface area (Å²) in [6.07, 6.45) is 5.00. The van der Waals surface area contributed by atoms with Crippen LogP contribution in [0, 0.1) is 20.8 Å². The Morgan fingerprint density at radius 3 is 2.05 bits per heavy atom. The minimum Gasteiger partial charge on any atom is -0.324 e. The van der Waals surface area contributed by atoms with Crippen LogP contribution in [0.2, 0.25) is 0 Å². The van der Waals surface area contributed by atoms with Crippen LogP contribution in [0.15, 0.2) is 12.1 Å². The van der Waals surface area contributed by atoms with Crippen LogP contribution in [0.5, 0.6) is 0 Å². The highest BCUT2D eigenvalue weighted by Crippen LogP contribution is 2.22. The maximum atomic E-state index is 12.6. The number of hydrogen-bond acceptors (Lipinski definition) is 2. The Hall–Kier alpha value is -1.06. The molecule has 0 bridgehead atoms. The first-order chi connectivity index (χ1) is 9.99. The third kappa shape index (κ3) is 4.72. The van der Waals surface area contributed by atoms with Crippen molar-refractivity contribution < 1.29 is 4.79 Å². The first-order valence-electron chi connectivity index (χ1n) is 8.12. The molecule has 1 N–H and O–H groups in total. The topological polar surface area (TPSA) is 32.3 Å². The normalized spacial score (nSPS) is 17.3. The van der Waals surface area contributed by atoms with E-state index in [0.717, 1.165) is 29.9 Å². The molecule has 3 nitrogen and oxygen atoms in total. The van der Waals surface area contributed by atoms with E-state index in [1.807, 2.05) is 6.92 Å². The van der Waals surface area contributed by atoms with Crippen molar-refractivity contribution >= 4 is 24.0 Å². The number of anilines is 1. The Balaban J connectivity index is 0.00000242. The van der Waals surface area contributed by atoms with Gasteiger partial charge in [0.2, 0.25) is 5.91 Å². The van der Waals surface area contributed by atoms with Gasteiger partial charge in [0.05, 0.1) is 6.04 Å². The van der Waals surface area contributed by atoms with E-state index in [0.29, 0.717) is 0 Å². The number of carbonyl (C=O) groups excluding carboxylic acids is 1. The van der Waals surface area contributed by atoms with E-state index in [1.54, 1.807) is 0 Å². The molecule has 0 aromatic heterocycles. The number of likely N-dealkylation sites (tertiary alicyclic amines) is 1. The molecular formula is C18H29ClN2O. The van der Waals surface area contributed by atoms with E-state index in [2.05, 4.69) is 43.1 Å². The molecule has 1 saturated heterocycles. The number of hydrogen-bond donors (Lipinski definition) is 1. The number of aryl methyl sites for hydroxylation is 3. The van der Waals surface area contributed by atoms with Gasteiger partial charge in [0, 0.05) is 5.69 Å². The summed E-state index contributed by atoms with van der Waals surface area (Å²) in [4.78, 5) is 14.9. The monoisotopic (exact) mass is 324 g/mol. The molecule has 22 heavy (non-hydrogen) atoms. The summed E-state index contributed by atoms with van der Waals surface area (Å²) in [5.41, 5.74) is 4.50. The van der Waals surface area contributed by atoms with Crippen molar-refractivity contribution in [3.8, 4) is 0 Å². The molecule has 0 radical (unpaired) electrons. The zero-order valence-corrected chi connectivity index (χ0v) is 15.1. The third-order valence-electron chi connectivity index (χ3n) is 4.49. The van der Waals surface area contributed by atoms with Crippen molar-refractivity contribution in [2.45, 2.75) is 59.4 Å². The quantitative estimate of drug-likeness (QED) is 0.902. The Morgan fingerprint density at radius 2 is 1.55 bits per heavy atom. The lowest BCUT2D eigenvalue weighted by atomic mass is 10.0. The van der Waals surface area contributed by atoms with Gasteiger partial charge in [-0.2, -0.15) is 0 Å². The molecule has 1 heterocycles. The predicted octanol–water partition coefficient (Wildman–Crippen LogP) is 4.24. The number of nitrogens with one attached hydrogen (secondary N) is 1. The summed E-state index contributed by atoms with van der Waals surface area (Å²) >= 11 is 0. The number of carbonyl (C=O) groups is 1. The standard InChI is InChI=1S/C18H28N2O.ClH/c1-13-11-14(2)17(15(3)12-13)19-18(21)16(4)20-9-7-5-6-8-10-20;/h11-12,16H,5-10H2,1-4H3,(H,19,21);1H. The zero-order chi connectivity index (χ0) is 15.4. The van der Waals surface area contributed by atoms with Gasteiger partial charge in [0.25, 0.3) is 0 Å². The van der Waals surface area contributed by atoms with Gasteiger partial charge in [-0.15, -0.1) is 12.4 Å². The first kappa shape index (κ1) is 19.0. The second-order valence-corrected chi connectivity index (χ2v) is 6.39. The lowest BCUT2D eigenvalue weighted by Gasteiger charge is -2.27. The fourth-order valence-corrected chi connectivity index (χ4v) is 3.25. The maximum absolute atomic E-state index is 12.6. The van der Waals surface area contributed by atoms with Crippen LogP contribution in [0.1, 0.15) is 49.3 Å². The van der Waals surface area contributed by atoms with Crippen LogP contribution < -0.4 is 5.32 Å². The number of nitrogens with zero attached hydrogens (tertiary/aromatic N) is 1. The molecule has 1 aliphatic rings. The molecule has 4 heteroatoms. The van der Waals surface area contributed by atoms with Gasteiger partial charge in [0.1, 0.15) is 0 Å². The van der Waals surface area contributed by atoms with E-state index in [1.165, 1.54) is 31.2 Å².